The van der Waals surface area contributed by atoms with Crippen molar-refractivity contribution in [2.75, 3.05) is 45.9 Å². The molecule has 2 aromatic heterocycles. The molecule has 0 saturated carbocycles. The lowest BCUT2D eigenvalue weighted by Gasteiger charge is -2.41. The molecule has 5 heterocycles. The quantitative estimate of drug-likeness (QED) is 0.499. The van der Waals surface area contributed by atoms with Crippen LogP contribution < -0.4 is 10.1 Å². The number of carbonyl (C=O) groups is 3. The monoisotopic (exact) mass is 574 g/mol. The maximum absolute atomic E-state index is 14.4. The summed E-state index contributed by atoms with van der Waals surface area (Å²) >= 11 is 0. The number of hydrogen-bond acceptors (Lipinski definition) is 8. The van der Waals surface area contributed by atoms with E-state index in [0.717, 1.165) is 5.69 Å². The van der Waals surface area contributed by atoms with Gasteiger partial charge in [-0.2, -0.15) is 0 Å². The molecule has 11 nitrogen and oxygen atoms in total. The Bertz CT molecular complexity index is 1460. The number of benzene rings is 1. The van der Waals surface area contributed by atoms with Gasteiger partial charge in [0.1, 0.15) is 24.6 Å². The summed E-state index contributed by atoms with van der Waals surface area (Å²) in [6, 6.07) is 13.9. The Morgan fingerprint density at radius 2 is 1.81 bits per heavy atom. The zero-order valence-corrected chi connectivity index (χ0v) is 22.9. The van der Waals surface area contributed by atoms with E-state index in [0.29, 0.717) is 19.6 Å². The van der Waals surface area contributed by atoms with Crippen LogP contribution in [-0.2, 0) is 16.1 Å². The normalized spacial score (nSPS) is 23.3. The number of ether oxygens (including phenoxy) is 2. The average Bonchev–Trinajstić information content (AvgIpc) is 3.39. The van der Waals surface area contributed by atoms with Crippen LogP contribution in [0.5, 0.6) is 5.88 Å². The van der Waals surface area contributed by atoms with E-state index in [-0.39, 0.29) is 67.7 Å². The molecule has 0 bridgehead atoms. The third-order valence-corrected chi connectivity index (χ3v) is 7.81. The fourth-order valence-electron chi connectivity index (χ4n) is 5.69. The zero-order chi connectivity index (χ0) is 29.1. The van der Waals surface area contributed by atoms with Gasteiger partial charge in [0.25, 0.3) is 11.8 Å². The highest BCUT2D eigenvalue weighted by atomic mass is 19.1. The van der Waals surface area contributed by atoms with Gasteiger partial charge in [-0.05, 0) is 36.4 Å². The van der Waals surface area contributed by atoms with E-state index < -0.39 is 23.9 Å². The molecular formula is C30H31FN6O5. The highest BCUT2D eigenvalue weighted by molar-refractivity contribution is 5.96. The van der Waals surface area contributed by atoms with Crippen LogP contribution in [0.3, 0.4) is 0 Å². The average molecular weight is 575 g/mol. The summed E-state index contributed by atoms with van der Waals surface area (Å²) in [5.41, 5.74) is 1.12. The number of rotatable bonds is 3. The summed E-state index contributed by atoms with van der Waals surface area (Å²) in [4.78, 5) is 54.0. The minimum atomic E-state index is -0.604. The van der Waals surface area contributed by atoms with E-state index in [9.17, 15) is 18.8 Å². The second-order valence-corrected chi connectivity index (χ2v) is 10.6. The van der Waals surface area contributed by atoms with Crippen molar-refractivity contribution in [1.82, 2.24) is 30.0 Å². The van der Waals surface area contributed by atoms with Crippen LogP contribution in [0.15, 0.2) is 67.0 Å². The molecule has 2 saturated heterocycles. The van der Waals surface area contributed by atoms with Gasteiger partial charge in [-0.3, -0.25) is 24.3 Å². The fraction of sp³-hybridized carbons (Fsp3) is 0.367. The SMILES string of the molecule is O=C1N[C@@H]2CN(Cc3ccccn3)C[C@@H]2OCC(=O)N2CCN(C(=O)c3ccccc3F)C[C@H]2COc2ncccc21. The van der Waals surface area contributed by atoms with Gasteiger partial charge >= 0.3 is 0 Å². The Hall–Kier alpha value is -4.42. The first-order valence-corrected chi connectivity index (χ1v) is 13.9. The minimum absolute atomic E-state index is 0.0191. The zero-order valence-electron chi connectivity index (χ0n) is 22.9. The number of amides is 3. The van der Waals surface area contributed by atoms with E-state index in [4.69, 9.17) is 9.47 Å². The summed E-state index contributed by atoms with van der Waals surface area (Å²) in [5, 5.41) is 3.05. The number of pyridine rings is 2. The molecule has 3 aliphatic rings. The lowest BCUT2D eigenvalue weighted by Crippen LogP contribution is -2.59. The molecular weight excluding hydrogens is 543 g/mol. The third kappa shape index (κ3) is 5.95. The van der Waals surface area contributed by atoms with Crippen molar-refractivity contribution in [1.29, 1.82) is 0 Å². The molecule has 3 aliphatic heterocycles. The molecule has 1 aromatic carbocycles. The second kappa shape index (κ2) is 12.2. The molecule has 6 rings (SSSR count). The maximum Gasteiger partial charge on any atom is 0.257 e. The Balaban J connectivity index is 1.24. The van der Waals surface area contributed by atoms with E-state index in [1.54, 1.807) is 29.3 Å². The van der Waals surface area contributed by atoms with Gasteiger partial charge in [0, 0.05) is 51.7 Å². The summed E-state index contributed by atoms with van der Waals surface area (Å²) in [6.45, 7) is 1.94. The number of nitrogens with one attached hydrogen (secondary N) is 1. The number of nitrogens with zero attached hydrogens (tertiary/aromatic N) is 5. The molecule has 0 spiro atoms. The molecule has 42 heavy (non-hydrogen) atoms. The maximum atomic E-state index is 14.4. The number of aromatic nitrogens is 2. The van der Waals surface area contributed by atoms with E-state index in [1.165, 1.54) is 29.3 Å². The molecule has 12 heteroatoms. The number of hydrogen-bond donors (Lipinski definition) is 1. The van der Waals surface area contributed by atoms with Crippen LogP contribution in [0, 0.1) is 5.82 Å². The number of halogens is 1. The van der Waals surface area contributed by atoms with Crippen molar-refractivity contribution in [3.8, 4) is 5.88 Å². The van der Waals surface area contributed by atoms with Crippen LogP contribution in [0.1, 0.15) is 26.4 Å². The summed E-state index contributed by atoms with van der Waals surface area (Å²) in [6.07, 6.45) is 2.82. The lowest BCUT2D eigenvalue weighted by atomic mass is 10.1. The Morgan fingerprint density at radius 3 is 2.64 bits per heavy atom. The lowest BCUT2D eigenvalue weighted by molar-refractivity contribution is -0.143. The van der Waals surface area contributed by atoms with Crippen molar-refractivity contribution in [2.24, 2.45) is 0 Å². The van der Waals surface area contributed by atoms with Gasteiger partial charge < -0.3 is 24.6 Å². The van der Waals surface area contributed by atoms with Crippen molar-refractivity contribution in [3.63, 3.8) is 0 Å². The first kappa shape index (κ1) is 27.7. The first-order valence-electron chi connectivity index (χ1n) is 13.9. The Labute approximate surface area is 242 Å². The highest BCUT2D eigenvalue weighted by Gasteiger charge is 2.39. The number of piperazine rings is 1. The summed E-state index contributed by atoms with van der Waals surface area (Å²) in [5.74, 6) is -1.55. The molecule has 3 atom stereocenters. The molecule has 3 aromatic rings. The van der Waals surface area contributed by atoms with Gasteiger partial charge in [0.2, 0.25) is 11.8 Å². The second-order valence-electron chi connectivity index (χ2n) is 10.6. The molecule has 1 N–H and O–H groups in total. The molecule has 0 unspecified atom stereocenters. The fourth-order valence-corrected chi connectivity index (χ4v) is 5.69. The number of fused-ring (bicyclic) bond motifs is 3. The molecule has 2 fully saturated rings. The van der Waals surface area contributed by atoms with Gasteiger partial charge in [0.15, 0.2) is 0 Å². The van der Waals surface area contributed by atoms with Crippen LogP contribution in [-0.4, -0.2) is 107 Å². The topological polar surface area (TPSA) is 117 Å². The van der Waals surface area contributed by atoms with Crippen molar-refractivity contribution in [3.05, 3.63) is 89.6 Å². The van der Waals surface area contributed by atoms with E-state index in [1.807, 2.05) is 18.2 Å². The summed E-state index contributed by atoms with van der Waals surface area (Å²) < 4.78 is 26.6. The predicted octanol–water partition coefficient (Wildman–Crippen LogP) is 1.36. The van der Waals surface area contributed by atoms with Crippen LogP contribution in [0.4, 0.5) is 4.39 Å². The highest BCUT2D eigenvalue weighted by Crippen LogP contribution is 2.23. The minimum Gasteiger partial charge on any atom is -0.475 e. The van der Waals surface area contributed by atoms with Crippen molar-refractivity contribution < 1.29 is 28.2 Å². The Morgan fingerprint density at radius 1 is 0.976 bits per heavy atom. The van der Waals surface area contributed by atoms with Gasteiger partial charge in [-0.25, -0.2) is 9.37 Å². The number of carbonyl (C=O) groups excluding carboxylic acids is 3. The molecule has 3 amide bonds. The third-order valence-electron chi connectivity index (χ3n) is 7.81. The largest absolute Gasteiger partial charge is 0.475 e. The van der Waals surface area contributed by atoms with Crippen LogP contribution in [0.2, 0.25) is 0 Å². The van der Waals surface area contributed by atoms with Crippen LogP contribution in [0.25, 0.3) is 0 Å². The van der Waals surface area contributed by atoms with Gasteiger partial charge in [-0.1, -0.05) is 18.2 Å². The van der Waals surface area contributed by atoms with Gasteiger partial charge in [-0.15, -0.1) is 0 Å². The number of likely N-dealkylation sites (tertiary alicyclic amines) is 1. The molecule has 0 radical (unpaired) electrons. The first-order chi connectivity index (χ1) is 20.5. The standard InChI is InChI=1S/C30H31FN6O5/c31-24-9-2-1-7-22(24)30(40)36-12-13-37-21(15-36)18-42-29-23(8-5-11-33-29)28(39)34-25-16-35(14-20-6-3-4-10-32-20)17-26(25)41-19-27(37)38/h1-11,21,25-26H,12-19H2,(H,34,39)/t21-,25+,26-/m0/s1. The molecule has 218 valence electrons. The smallest absolute Gasteiger partial charge is 0.257 e. The molecule has 0 aliphatic carbocycles. The summed E-state index contributed by atoms with van der Waals surface area (Å²) in [7, 11) is 0. The predicted molar refractivity (Wildman–Crippen MR) is 148 cm³/mol. The Kier molecular flexibility index (Phi) is 8.06. The van der Waals surface area contributed by atoms with Crippen LogP contribution >= 0.6 is 0 Å². The van der Waals surface area contributed by atoms with E-state index >= 15 is 0 Å². The van der Waals surface area contributed by atoms with Crippen molar-refractivity contribution >= 4 is 17.7 Å². The van der Waals surface area contributed by atoms with Crippen molar-refractivity contribution in [2.45, 2.75) is 24.7 Å². The van der Waals surface area contributed by atoms with E-state index in [2.05, 4.69) is 20.2 Å². The van der Waals surface area contributed by atoms with Gasteiger partial charge in [0.05, 0.1) is 29.4 Å².